The second-order valence-electron chi connectivity index (χ2n) is 10.00. The SMILES string of the molecule is Cc1ccc(-c2c3c4n(c(-c5ccccc5)cn4c2C(=O)NS(=O)(=O)c2ccc(C)cc2)CCCC3)cc1. The van der Waals surface area contributed by atoms with Crippen LogP contribution in [-0.2, 0) is 23.0 Å². The Hall–Kier alpha value is -4.10. The van der Waals surface area contributed by atoms with E-state index in [1.165, 1.54) is 12.1 Å². The zero-order valence-corrected chi connectivity index (χ0v) is 22.3. The molecule has 0 radical (unpaired) electrons. The summed E-state index contributed by atoms with van der Waals surface area (Å²) in [6.45, 7) is 4.74. The summed E-state index contributed by atoms with van der Waals surface area (Å²) in [5.74, 6) is -0.639. The van der Waals surface area contributed by atoms with Crippen molar-refractivity contribution in [2.24, 2.45) is 0 Å². The zero-order chi connectivity index (χ0) is 26.4. The number of nitrogens with zero attached hydrogens (tertiary/aromatic N) is 2. The van der Waals surface area contributed by atoms with E-state index >= 15 is 0 Å². The first-order chi connectivity index (χ1) is 18.3. The standard InChI is InChI=1S/C31H29N3O3S/c1-21-11-15-24(16-12-21)28-26-10-6-7-19-33-27(23-8-4-3-5-9-23)20-34(31(26)33)29(28)30(35)32-38(36,37)25-17-13-22(2)14-18-25/h3-5,8-9,11-18,20H,6-7,10,19H2,1-2H3,(H,32,35). The molecule has 1 aliphatic rings. The molecule has 0 aliphatic carbocycles. The van der Waals surface area contributed by atoms with Crippen molar-refractivity contribution in [3.8, 4) is 22.4 Å². The Morgan fingerprint density at radius 2 is 1.47 bits per heavy atom. The van der Waals surface area contributed by atoms with Gasteiger partial charge >= 0.3 is 0 Å². The molecule has 3 aromatic carbocycles. The first-order valence-corrected chi connectivity index (χ1v) is 14.3. The highest BCUT2D eigenvalue weighted by atomic mass is 32.2. The van der Waals surface area contributed by atoms with Crippen LogP contribution in [0.3, 0.4) is 0 Å². The molecule has 0 saturated heterocycles. The van der Waals surface area contributed by atoms with Crippen LogP contribution in [0.4, 0.5) is 0 Å². The molecule has 0 fully saturated rings. The Morgan fingerprint density at radius 3 is 2.16 bits per heavy atom. The van der Waals surface area contributed by atoms with Crippen LogP contribution in [0.1, 0.15) is 40.0 Å². The molecular weight excluding hydrogens is 494 g/mol. The number of amides is 1. The van der Waals surface area contributed by atoms with Crippen LogP contribution >= 0.6 is 0 Å². The van der Waals surface area contributed by atoms with Crippen LogP contribution in [0.15, 0.2) is 90.0 Å². The molecule has 6 rings (SSSR count). The number of sulfonamides is 1. The molecule has 0 saturated carbocycles. The third-order valence-electron chi connectivity index (χ3n) is 7.32. The highest BCUT2D eigenvalue weighted by Crippen LogP contribution is 2.39. The number of hydrogen-bond donors (Lipinski definition) is 1. The van der Waals surface area contributed by atoms with Gasteiger partial charge in [-0.15, -0.1) is 0 Å². The van der Waals surface area contributed by atoms with Gasteiger partial charge in [0.1, 0.15) is 11.3 Å². The number of hydrogen-bond acceptors (Lipinski definition) is 3. The van der Waals surface area contributed by atoms with E-state index in [2.05, 4.69) is 21.4 Å². The molecule has 6 nitrogen and oxygen atoms in total. The molecule has 192 valence electrons. The fraction of sp³-hybridized carbons (Fsp3) is 0.194. The predicted molar refractivity (Wildman–Crippen MR) is 150 cm³/mol. The molecule has 0 atom stereocenters. The summed E-state index contributed by atoms with van der Waals surface area (Å²) in [7, 11) is -4.06. The molecule has 1 aliphatic heterocycles. The van der Waals surface area contributed by atoms with E-state index < -0.39 is 15.9 Å². The van der Waals surface area contributed by atoms with Crippen molar-refractivity contribution in [1.82, 2.24) is 13.7 Å². The number of carbonyl (C=O) groups excluding carboxylic acids is 1. The lowest BCUT2D eigenvalue weighted by molar-refractivity contribution is 0.0976. The number of benzene rings is 3. The van der Waals surface area contributed by atoms with E-state index in [0.717, 1.165) is 70.5 Å². The minimum Gasteiger partial charge on any atom is -0.325 e. The van der Waals surface area contributed by atoms with Crippen molar-refractivity contribution in [3.05, 3.63) is 107 Å². The van der Waals surface area contributed by atoms with Crippen LogP contribution in [0.25, 0.3) is 28.0 Å². The van der Waals surface area contributed by atoms with Crippen molar-refractivity contribution < 1.29 is 13.2 Å². The molecule has 0 bridgehead atoms. The summed E-state index contributed by atoms with van der Waals surface area (Å²) in [6.07, 6.45) is 4.79. The molecule has 0 unspecified atom stereocenters. The fourth-order valence-electron chi connectivity index (χ4n) is 5.43. The van der Waals surface area contributed by atoms with Crippen LogP contribution < -0.4 is 4.72 Å². The summed E-state index contributed by atoms with van der Waals surface area (Å²) in [5.41, 5.74) is 8.20. The van der Waals surface area contributed by atoms with Crippen molar-refractivity contribution in [1.29, 1.82) is 0 Å². The average Bonchev–Trinajstić information content (AvgIpc) is 3.33. The summed E-state index contributed by atoms with van der Waals surface area (Å²) >= 11 is 0. The van der Waals surface area contributed by atoms with E-state index in [0.29, 0.717) is 5.69 Å². The number of aromatic nitrogens is 2. The van der Waals surface area contributed by atoms with Crippen LogP contribution in [0, 0.1) is 13.8 Å². The smallest absolute Gasteiger partial charge is 0.282 e. The largest absolute Gasteiger partial charge is 0.325 e. The summed E-state index contributed by atoms with van der Waals surface area (Å²) in [6, 6.07) is 24.7. The van der Waals surface area contributed by atoms with E-state index in [1.807, 2.05) is 66.9 Å². The maximum Gasteiger partial charge on any atom is 0.282 e. The maximum absolute atomic E-state index is 13.9. The first-order valence-electron chi connectivity index (χ1n) is 12.9. The van der Waals surface area contributed by atoms with Gasteiger partial charge < -0.3 is 4.57 Å². The van der Waals surface area contributed by atoms with Crippen molar-refractivity contribution >= 4 is 21.6 Å². The van der Waals surface area contributed by atoms with Gasteiger partial charge in [0.25, 0.3) is 15.9 Å². The van der Waals surface area contributed by atoms with E-state index in [1.54, 1.807) is 12.1 Å². The van der Waals surface area contributed by atoms with Gasteiger partial charge in [0.05, 0.1) is 10.6 Å². The maximum atomic E-state index is 13.9. The molecule has 7 heteroatoms. The number of aryl methyl sites for hydroxylation is 4. The van der Waals surface area contributed by atoms with Crippen LogP contribution in [0.5, 0.6) is 0 Å². The van der Waals surface area contributed by atoms with Crippen molar-refractivity contribution in [2.45, 2.75) is 44.6 Å². The monoisotopic (exact) mass is 523 g/mol. The second kappa shape index (κ2) is 9.33. The number of rotatable bonds is 5. The Morgan fingerprint density at radius 1 is 0.816 bits per heavy atom. The molecular formula is C31H29N3O3S. The van der Waals surface area contributed by atoms with Crippen molar-refractivity contribution in [3.63, 3.8) is 0 Å². The van der Waals surface area contributed by atoms with Gasteiger partial charge in [0.15, 0.2) is 0 Å². The van der Waals surface area contributed by atoms with Crippen molar-refractivity contribution in [2.75, 3.05) is 0 Å². The second-order valence-corrected chi connectivity index (χ2v) is 11.7. The molecule has 3 heterocycles. The fourth-order valence-corrected chi connectivity index (χ4v) is 6.38. The van der Waals surface area contributed by atoms with Gasteiger partial charge in [-0.1, -0.05) is 77.9 Å². The number of nitrogens with one attached hydrogen (secondary N) is 1. The molecule has 0 spiro atoms. The van der Waals surface area contributed by atoms with Gasteiger partial charge in [-0.3, -0.25) is 9.20 Å². The highest BCUT2D eigenvalue weighted by Gasteiger charge is 2.31. The minimum absolute atomic E-state index is 0.0602. The lowest BCUT2D eigenvalue weighted by Gasteiger charge is -2.11. The third-order valence-corrected chi connectivity index (χ3v) is 8.66. The summed E-state index contributed by atoms with van der Waals surface area (Å²) in [4.78, 5) is 14.0. The highest BCUT2D eigenvalue weighted by molar-refractivity contribution is 7.90. The molecule has 1 N–H and O–H groups in total. The Labute approximate surface area is 222 Å². The topological polar surface area (TPSA) is 72.6 Å². The Balaban J connectivity index is 1.58. The Kier molecular flexibility index (Phi) is 5.95. The lowest BCUT2D eigenvalue weighted by atomic mass is 9.97. The molecule has 1 amide bonds. The predicted octanol–water partition coefficient (Wildman–Crippen LogP) is 6.15. The first kappa shape index (κ1) is 24.2. The number of carbonyl (C=O) groups is 1. The molecule has 2 aromatic heterocycles. The van der Waals surface area contributed by atoms with Gasteiger partial charge in [-0.2, -0.15) is 0 Å². The number of imidazole rings is 1. The van der Waals surface area contributed by atoms with Crippen LogP contribution in [0.2, 0.25) is 0 Å². The normalized spacial score (nSPS) is 13.4. The Bertz CT molecular complexity index is 1760. The van der Waals surface area contributed by atoms with E-state index in [4.69, 9.17) is 0 Å². The quantitative estimate of drug-likeness (QED) is 0.300. The van der Waals surface area contributed by atoms with E-state index in [9.17, 15) is 13.2 Å². The summed E-state index contributed by atoms with van der Waals surface area (Å²) < 4.78 is 33.0. The average molecular weight is 524 g/mol. The van der Waals surface area contributed by atoms with E-state index in [-0.39, 0.29) is 4.90 Å². The zero-order valence-electron chi connectivity index (χ0n) is 21.4. The van der Waals surface area contributed by atoms with Gasteiger partial charge in [-0.25, -0.2) is 13.1 Å². The van der Waals surface area contributed by atoms with Crippen LogP contribution in [-0.4, -0.2) is 23.3 Å². The third kappa shape index (κ3) is 4.13. The minimum atomic E-state index is -4.06. The summed E-state index contributed by atoms with van der Waals surface area (Å²) in [5, 5.41) is 0. The van der Waals surface area contributed by atoms with Gasteiger partial charge in [-0.05, 0) is 56.4 Å². The lowest BCUT2D eigenvalue weighted by Crippen LogP contribution is -2.31. The molecule has 5 aromatic rings. The van der Waals surface area contributed by atoms with Gasteiger partial charge in [0, 0.05) is 23.9 Å². The molecule has 38 heavy (non-hydrogen) atoms. The van der Waals surface area contributed by atoms with Gasteiger partial charge in [0.2, 0.25) is 0 Å².